The van der Waals surface area contributed by atoms with Crippen LogP contribution in [-0.2, 0) is 20.2 Å². The van der Waals surface area contributed by atoms with Gasteiger partial charge in [-0.25, -0.2) is 9.97 Å². The van der Waals surface area contributed by atoms with Crippen LogP contribution in [-0.4, -0.2) is 71.9 Å². The van der Waals surface area contributed by atoms with Gasteiger partial charge in [-0.3, -0.25) is 9.69 Å². The number of likely N-dealkylation sites (tertiary alicyclic amines) is 1. The molecule has 10 heteroatoms. The van der Waals surface area contributed by atoms with Gasteiger partial charge in [-0.1, -0.05) is 12.1 Å². The SMILES string of the molecule is Cn1ccnc1COc1ccc(CN2CC[C@@](O)(CNC(=O)c3cnc[nH]3)[C@H](O)C2)cc1. The monoisotopic (exact) mass is 440 g/mol. The number of aliphatic hydroxyl groups excluding tert-OH is 1. The first-order valence-electron chi connectivity index (χ1n) is 10.5. The van der Waals surface area contributed by atoms with Gasteiger partial charge < -0.3 is 29.8 Å². The highest BCUT2D eigenvalue weighted by atomic mass is 16.5. The van der Waals surface area contributed by atoms with Gasteiger partial charge in [-0.05, 0) is 24.1 Å². The lowest BCUT2D eigenvalue weighted by Gasteiger charge is -2.42. The average molecular weight is 441 g/mol. The van der Waals surface area contributed by atoms with E-state index in [1.165, 1.54) is 12.5 Å². The van der Waals surface area contributed by atoms with Gasteiger partial charge in [0, 0.05) is 45.6 Å². The first-order chi connectivity index (χ1) is 15.4. The van der Waals surface area contributed by atoms with Crippen LogP contribution in [0.1, 0.15) is 28.3 Å². The summed E-state index contributed by atoms with van der Waals surface area (Å²) in [5.41, 5.74) is 0.0295. The summed E-state index contributed by atoms with van der Waals surface area (Å²) >= 11 is 0. The van der Waals surface area contributed by atoms with Crippen molar-refractivity contribution in [3.8, 4) is 5.75 Å². The molecule has 0 bridgehead atoms. The molecule has 1 amide bonds. The number of aliphatic hydroxyl groups is 2. The number of aryl methyl sites for hydroxylation is 1. The molecule has 10 nitrogen and oxygen atoms in total. The summed E-state index contributed by atoms with van der Waals surface area (Å²) in [7, 11) is 1.93. The maximum absolute atomic E-state index is 12.1. The average Bonchev–Trinajstić information content (AvgIpc) is 3.47. The lowest BCUT2D eigenvalue weighted by atomic mass is 9.88. The summed E-state index contributed by atoms with van der Waals surface area (Å²) in [6, 6.07) is 7.82. The highest BCUT2D eigenvalue weighted by molar-refractivity contribution is 5.91. The normalized spacial score (nSPS) is 21.4. The second-order valence-electron chi connectivity index (χ2n) is 8.14. The molecular weight excluding hydrogens is 412 g/mol. The zero-order valence-corrected chi connectivity index (χ0v) is 17.9. The molecule has 2 atom stereocenters. The molecule has 2 aromatic heterocycles. The lowest BCUT2D eigenvalue weighted by Crippen LogP contribution is -2.60. The zero-order chi connectivity index (χ0) is 22.6. The molecule has 3 heterocycles. The van der Waals surface area contributed by atoms with Crippen molar-refractivity contribution in [2.45, 2.75) is 31.3 Å². The van der Waals surface area contributed by atoms with E-state index in [1.807, 2.05) is 42.1 Å². The van der Waals surface area contributed by atoms with E-state index in [9.17, 15) is 15.0 Å². The Morgan fingerprint density at radius 1 is 1.38 bits per heavy atom. The fourth-order valence-electron chi connectivity index (χ4n) is 3.72. The van der Waals surface area contributed by atoms with Crippen LogP contribution in [0.5, 0.6) is 5.75 Å². The quantitative estimate of drug-likeness (QED) is 0.400. The van der Waals surface area contributed by atoms with Crippen molar-refractivity contribution in [2.75, 3.05) is 19.6 Å². The zero-order valence-electron chi connectivity index (χ0n) is 17.9. The molecule has 0 saturated carbocycles. The van der Waals surface area contributed by atoms with Crippen LogP contribution in [0, 0.1) is 0 Å². The maximum Gasteiger partial charge on any atom is 0.269 e. The van der Waals surface area contributed by atoms with Crippen molar-refractivity contribution < 1.29 is 19.7 Å². The van der Waals surface area contributed by atoms with Crippen molar-refractivity contribution >= 4 is 5.91 Å². The summed E-state index contributed by atoms with van der Waals surface area (Å²) in [5.74, 6) is 1.25. The Kier molecular flexibility index (Phi) is 6.54. The number of ether oxygens (including phenoxy) is 1. The van der Waals surface area contributed by atoms with Gasteiger partial charge >= 0.3 is 0 Å². The van der Waals surface area contributed by atoms with E-state index in [4.69, 9.17) is 4.74 Å². The van der Waals surface area contributed by atoms with Crippen LogP contribution >= 0.6 is 0 Å². The number of carbonyl (C=O) groups excluding carboxylic acids is 1. The highest BCUT2D eigenvalue weighted by Crippen LogP contribution is 2.24. The van der Waals surface area contributed by atoms with Gasteiger partial charge in [-0.2, -0.15) is 0 Å². The number of hydrogen-bond acceptors (Lipinski definition) is 7. The van der Waals surface area contributed by atoms with E-state index in [2.05, 4.69) is 25.2 Å². The molecule has 170 valence electrons. The number of hydrogen-bond donors (Lipinski definition) is 4. The summed E-state index contributed by atoms with van der Waals surface area (Å²) in [5, 5.41) is 24.0. The molecule has 0 radical (unpaired) electrons. The molecule has 4 rings (SSSR count). The number of amides is 1. The molecule has 0 spiro atoms. The predicted octanol–water partition coefficient (Wildman–Crippen LogP) is 0.450. The Balaban J connectivity index is 1.25. The van der Waals surface area contributed by atoms with Crippen LogP contribution in [0.3, 0.4) is 0 Å². The minimum atomic E-state index is -1.37. The number of benzene rings is 1. The first kappa shape index (κ1) is 22.0. The van der Waals surface area contributed by atoms with Crippen LogP contribution in [0.4, 0.5) is 0 Å². The van der Waals surface area contributed by atoms with Crippen molar-refractivity contribution in [1.82, 2.24) is 29.7 Å². The van der Waals surface area contributed by atoms with Crippen LogP contribution in [0.25, 0.3) is 0 Å². The highest BCUT2D eigenvalue weighted by Gasteiger charge is 2.40. The van der Waals surface area contributed by atoms with Gasteiger partial charge in [0.25, 0.3) is 5.91 Å². The number of piperidine rings is 1. The Bertz CT molecular complexity index is 1020. The van der Waals surface area contributed by atoms with Gasteiger partial charge in [0.15, 0.2) is 0 Å². The third kappa shape index (κ3) is 5.16. The van der Waals surface area contributed by atoms with Crippen molar-refractivity contribution in [1.29, 1.82) is 0 Å². The molecule has 32 heavy (non-hydrogen) atoms. The molecule has 1 fully saturated rings. The van der Waals surface area contributed by atoms with Crippen LogP contribution in [0.15, 0.2) is 49.2 Å². The van der Waals surface area contributed by atoms with E-state index in [1.54, 1.807) is 6.20 Å². The number of H-pyrrole nitrogens is 1. The largest absolute Gasteiger partial charge is 0.486 e. The van der Waals surface area contributed by atoms with Gasteiger partial charge in [0.05, 0.1) is 18.6 Å². The van der Waals surface area contributed by atoms with Gasteiger partial charge in [-0.15, -0.1) is 0 Å². The fraction of sp³-hybridized carbons (Fsp3) is 0.409. The van der Waals surface area contributed by atoms with Crippen LogP contribution < -0.4 is 10.1 Å². The number of nitrogens with one attached hydrogen (secondary N) is 2. The second-order valence-corrected chi connectivity index (χ2v) is 8.14. The van der Waals surface area contributed by atoms with E-state index in [0.717, 1.165) is 17.1 Å². The molecule has 1 aromatic carbocycles. The molecule has 1 saturated heterocycles. The van der Waals surface area contributed by atoms with Crippen LogP contribution in [0.2, 0.25) is 0 Å². The molecule has 0 aliphatic carbocycles. The minimum absolute atomic E-state index is 0.0259. The number of rotatable bonds is 8. The maximum atomic E-state index is 12.1. The number of β-amino-alcohol motifs (C(OH)–C–C–N with tert-alkyl or cyclic N) is 1. The Morgan fingerprint density at radius 2 is 2.19 bits per heavy atom. The molecule has 4 N–H and O–H groups in total. The van der Waals surface area contributed by atoms with Crippen molar-refractivity contribution in [3.63, 3.8) is 0 Å². The fourth-order valence-corrected chi connectivity index (χ4v) is 3.72. The number of carbonyl (C=O) groups is 1. The molecule has 3 aromatic rings. The first-order valence-corrected chi connectivity index (χ1v) is 10.5. The number of nitrogens with zero attached hydrogens (tertiary/aromatic N) is 4. The molecule has 0 unspecified atom stereocenters. The topological polar surface area (TPSA) is 129 Å². The molecule has 1 aliphatic heterocycles. The molecular formula is C22H28N6O4. The summed E-state index contributed by atoms with van der Waals surface area (Å²) in [6.45, 7) is 1.94. The lowest BCUT2D eigenvalue weighted by molar-refractivity contribution is -0.116. The standard InChI is InChI=1S/C22H28N6O4/c1-27-9-7-24-20(27)13-32-17-4-2-16(3-5-17)11-28-8-6-22(31,19(29)12-28)14-25-21(30)18-10-23-15-26-18/h2-5,7,9-10,15,19,29,31H,6,8,11-14H2,1H3,(H,23,26)(H,25,30)/t19-,22-/m1/s1. The third-order valence-corrected chi connectivity index (χ3v) is 5.83. The minimum Gasteiger partial charge on any atom is -0.486 e. The van der Waals surface area contributed by atoms with Gasteiger partial charge in [0.1, 0.15) is 29.5 Å². The molecule has 1 aliphatic rings. The smallest absolute Gasteiger partial charge is 0.269 e. The second kappa shape index (κ2) is 9.51. The van der Waals surface area contributed by atoms with Crippen molar-refractivity contribution in [3.05, 3.63) is 66.3 Å². The van der Waals surface area contributed by atoms with Gasteiger partial charge in [0.2, 0.25) is 0 Å². The number of aromatic nitrogens is 4. The van der Waals surface area contributed by atoms with Crippen molar-refractivity contribution in [2.24, 2.45) is 7.05 Å². The Labute approximate surface area is 185 Å². The third-order valence-electron chi connectivity index (χ3n) is 5.83. The van der Waals surface area contributed by atoms with E-state index in [0.29, 0.717) is 38.4 Å². The summed E-state index contributed by atoms with van der Waals surface area (Å²) in [6.07, 6.45) is 5.82. The van der Waals surface area contributed by atoms with E-state index < -0.39 is 11.7 Å². The number of imidazole rings is 2. The summed E-state index contributed by atoms with van der Waals surface area (Å²) < 4.78 is 7.70. The predicted molar refractivity (Wildman–Crippen MR) is 116 cm³/mol. The Hall–Kier alpha value is -3.21. The Morgan fingerprint density at radius 3 is 2.84 bits per heavy atom. The van der Waals surface area contributed by atoms with E-state index in [-0.39, 0.29) is 12.5 Å². The number of aromatic amines is 1. The van der Waals surface area contributed by atoms with E-state index >= 15 is 0 Å². The summed E-state index contributed by atoms with van der Waals surface area (Å²) in [4.78, 5) is 24.9.